The average Bonchev–Trinajstić information content (AvgIpc) is 1.88. The first kappa shape index (κ1) is 14.7. The van der Waals surface area contributed by atoms with E-state index in [1.807, 2.05) is 0 Å². The van der Waals surface area contributed by atoms with Gasteiger partial charge in [-0.15, -0.1) is 5.46 Å². The first-order valence-electron chi connectivity index (χ1n) is 2.88. The van der Waals surface area contributed by atoms with Gasteiger partial charge in [-0.2, -0.15) is 0 Å². The second kappa shape index (κ2) is 6.69. The van der Waals surface area contributed by atoms with Crippen molar-refractivity contribution in [1.82, 2.24) is 0 Å². The molecular formula is C6H6BLi2NO2. The third-order valence-electron chi connectivity index (χ3n) is 1.25. The molecule has 6 heteroatoms. The zero-order chi connectivity index (χ0) is 7.56. The fourth-order valence-corrected chi connectivity index (χ4v) is 0.726. The molecule has 12 heavy (non-hydrogen) atoms. The van der Waals surface area contributed by atoms with E-state index in [0.29, 0.717) is 0 Å². The summed E-state index contributed by atoms with van der Waals surface area (Å²) in [5, 5.41) is 20.6. The summed E-state index contributed by atoms with van der Waals surface area (Å²) in [6.07, 6.45) is 0. The van der Waals surface area contributed by atoms with Crippen LogP contribution in [0, 0.1) is 0 Å². The third-order valence-corrected chi connectivity index (χ3v) is 1.25. The number of benzene rings is 1. The number of rotatable bonds is 1. The zero-order valence-corrected chi connectivity index (χ0v) is 7.28. The van der Waals surface area contributed by atoms with E-state index in [-0.39, 0.29) is 48.9 Å². The minimum Gasteiger partial charge on any atom is -0.889 e. The molecule has 3 nitrogen and oxygen atoms in total. The van der Waals surface area contributed by atoms with Gasteiger partial charge in [0.05, 0.1) is 0 Å². The molecule has 0 aromatic heterocycles. The predicted octanol–water partition coefficient (Wildman–Crippen LogP) is -8.31. The molecule has 52 valence electrons. The summed E-state index contributed by atoms with van der Waals surface area (Å²) in [6, 6.07) is 6.29. The first-order chi connectivity index (χ1) is 4.72. The van der Waals surface area contributed by atoms with Gasteiger partial charge in [-0.25, -0.2) is 0 Å². The van der Waals surface area contributed by atoms with Gasteiger partial charge in [0.25, 0.3) is 0 Å². The van der Waals surface area contributed by atoms with E-state index in [1.165, 1.54) is 12.1 Å². The van der Waals surface area contributed by atoms with Crippen LogP contribution in [0.25, 0.3) is 0 Å². The van der Waals surface area contributed by atoms with Crippen molar-refractivity contribution in [3.63, 3.8) is 0 Å². The maximum Gasteiger partial charge on any atom is 1.00 e. The maximum absolute atomic E-state index is 10.3. The molecule has 0 aliphatic heterocycles. The molecule has 0 atom stereocenters. The van der Waals surface area contributed by atoms with E-state index in [4.69, 9.17) is 5.73 Å². The van der Waals surface area contributed by atoms with Crippen molar-refractivity contribution in [1.29, 1.82) is 0 Å². The minimum atomic E-state index is -1.97. The van der Waals surface area contributed by atoms with E-state index in [9.17, 15) is 10.0 Å². The molecule has 0 spiro atoms. The molecular weight excluding hydrogens is 143 g/mol. The minimum absolute atomic E-state index is 0. The first-order valence-corrected chi connectivity index (χ1v) is 2.88. The smallest absolute Gasteiger partial charge is 0.889 e. The van der Waals surface area contributed by atoms with Crippen molar-refractivity contribution < 1.29 is 47.8 Å². The Kier molecular flexibility index (Phi) is 8.20. The van der Waals surface area contributed by atoms with Crippen LogP contribution in [0.4, 0.5) is 5.69 Å². The topological polar surface area (TPSA) is 72.1 Å². The van der Waals surface area contributed by atoms with Gasteiger partial charge >= 0.3 is 37.7 Å². The zero-order valence-electron chi connectivity index (χ0n) is 7.28. The fraction of sp³-hybridized carbons (Fsp3) is 0. The Morgan fingerprint density at radius 1 is 1.08 bits per heavy atom. The largest absolute Gasteiger partial charge is 1.00 e. The summed E-state index contributed by atoms with van der Waals surface area (Å²) in [4.78, 5) is 0. The number of hydrogen-bond acceptors (Lipinski definition) is 3. The second-order valence-electron chi connectivity index (χ2n) is 1.96. The Morgan fingerprint density at radius 3 is 1.92 bits per heavy atom. The van der Waals surface area contributed by atoms with Crippen LogP contribution >= 0.6 is 0 Å². The van der Waals surface area contributed by atoms with Crippen molar-refractivity contribution in [3.05, 3.63) is 24.3 Å². The second-order valence-corrected chi connectivity index (χ2v) is 1.96. The molecule has 0 saturated heterocycles. The summed E-state index contributed by atoms with van der Waals surface area (Å²) in [6.45, 7) is 0. The van der Waals surface area contributed by atoms with Crippen LogP contribution in [-0.4, -0.2) is 7.12 Å². The molecule has 0 radical (unpaired) electrons. The van der Waals surface area contributed by atoms with Crippen LogP contribution in [0.3, 0.4) is 0 Å². The fourth-order valence-electron chi connectivity index (χ4n) is 0.726. The van der Waals surface area contributed by atoms with Gasteiger partial charge in [0.15, 0.2) is 0 Å². The Morgan fingerprint density at radius 2 is 1.58 bits per heavy atom. The molecule has 1 aromatic rings. The summed E-state index contributed by atoms with van der Waals surface area (Å²) in [7, 11) is -1.97. The average molecular weight is 149 g/mol. The van der Waals surface area contributed by atoms with E-state index >= 15 is 0 Å². The molecule has 0 saturated carbocycles. The van der Waals surface area contributed by atoms with Crippen LogP contribution in [0.1, 0.15) is 0 Å². The van der Waals surface area contributed by atoms with Gasteiger partial charge in [0.1, 0.15) is 0 Å². The van der Waals surface area contributed by atoms with Crippen LogP contribution in [0.2, 0.25) is 0 Å². The molecule has 0 aliphatic carbocycles. The molecule has 0 unspecified atom stereocenters. The molecule has 0 amide bonds. The van der Waals surface area contributed by atoms with Crippen LogP contribution in [0.5, 0.6) is 0 Å². The molecule has 0 fully saturated rings. The van der Waals surface area contributed by atoms with Crippen LogP contribution < -0.4 is 59.0 Å². The predicted molar refractivity (Wildman–Crippen MR) is 36.2 cm³/mol. The summed E-state index contributed by atoms with van der Waals surface area (Å²) in [5.41, 5.74) is 5.72. The SMILES string of the molecule is Nc1ccccc1B([O-])[O-].[Li+].[Li+]. The monoisotopic (exact) mass is 149 g/mol. The van der Waals surface area contributed by atoms with Crippen LogP contribution in [0.15, 0.2) is 24.3 Å². The van der Waals surface area contributed by atoms with Crippen molar-refractivity contribution in [2.24, 2.45) is 0 Å². The Labute approximate surface area is 95.8 Å². The standard InChI is InChI=1S/C6H6BNO2.2Li/c8-6-4-2-1-3-5(6)7(9)10;;/h1-4H,8H2;;/q-2;2*+1. The summed E-state index contributed by atoms with van der Waals surface area (Å²) >= 11 is 0. The summed E-state index contributed by atoms with van der Waals surface area (Å²) in [5.74, 6) is 0. The van der Waals surface area contributed by atoms with Crippen molar-refractivity contribution in [2.75, 3.05) is 5.73 Å². The van der Waals surface area contributed by atoms with E-state index < -0.39 is 7.12 Å². The normalized spacial score (nSPS) is 7.83. The molecule has 0 aliphatic rings. The summed E-state index contributed by atoms with van der Waals surface area (Å²) < 4.78 is 0. The quantitative estimate of drug-likeness (QED) is 0.318. The van der Waals surface area contributed by atoms with E-state index in [0.717, 1.165) is 0 Å². The molecule has 0 bridgehead atoms. The van der Waals surface area contributed by atoms with Gasteiger partial charge in [0.2, 0.25) is 0 Å². The molecule has 2 N–H and O–H groups in total. The van der Waals surface area contributed by atoms with Crippen molar-refractivity contribution >= 4 is 18.3 Å². The number of para-hydroxylation sites is 1. The molecule has 1 aromatic carbocycles. The van der Waals surface area contributed by atoms with E-state index in [2.05, 4.69) is 0 Å². The van der Waals surface area contributed by atoms with Gasteiger partial charge in [0, 0.05) is 5.69 Å². The Bertz CT molecular complexity index is 235. The van der Waals surface area contributed by atoms with Gasteiger partial charge in [-0.05, 0) is 6.07 Å². The number of nitrogen functional groups attached to an aromatic ring is 1. The van der Waals surface area contributed by atoms with Gasteiger partial charge in [-0.1, -0.05) is 25.3 Å². The molecule has 0 heterocycles. The Balaban J connectivity index is 0. The third kappa shape index (κ3) is 3.74. The van der Waals surface area contributed by atoms with E-state index in [1.54, 1.807) is 12.1 Å². The van der Waals surface area contributed by atoms with Gasteiger partial charge < -0.3 is 15.8 Å². The maximum atomic E-state index is 10.3. The van der Waals surface area contributed by atoms with Crippen molar-refractivity contribution in [3.8, 4) is 0 Å². The number of hydrogen-bond donors (Lipinski definition) is 1. The number of anilines is 1. The van der Waals surface area contributed by atoms with Gasteiger partial charge in [-0.3, -0.25) is 0 Å². The Hall–Kier alpha value is 0.200. The number of nitrogens with two attached hydrogens (primary N) is 1. The molecule has 1 rings (SSSR count). The van der Waals surface area contributed by atoms with Crippen LogP contribution in [-0.2, 0) is 0 Å². The van der Waals surface area contributed by atoms with Crippen molar-refractivity contribution in [2.45, 2.75) is 0 Å².